The van der Waals surface area contributed by atoms with Gasteiger partial charge in [0.1, 0.15) is 5.75 Å². The Morgan fingerprint density at radius 1 is 1.04 bits per heavy atom. The van der Waals surface area contributed by atoms with E-state index in [1.807, 2.05) is 61.5 Å². The third kappa shape index (κ3) is 2.81. The molecular weight excluding hydrogens is 334 g/mol. The molecule has 0 bridgehead atoms. The minimum absolute atomic E-state index is 0.101. The van der Waals surface area contributed by atoms with E-state index in [0.717, 1.165) is 22.4 Å². The standard InChI is InChI=1S/C19H15N3O2S/c1-12-3-7-14(8-4-12)17-20-21-19-22(17)18(23)16(25-19)11-13-5-9-15(24-2)10-6-13/h3-11H,1-2H3/b16-11+. The van der Waals surface area contributed by atoms with Crippen molar-refractivity contribution in [1.82, 2.24) is 14.6 Å². The van der Waals surface area contributed by atoms with Gasteiger partial charge >= 0.3 is 0 Å². The summed E-state index contributed by atoms with van der Waals surface area (Å²) in [6.07, 6.45) is 1.86. The molecular formula is C19H15N3O2S. The molecule has 0 fully saturated rings. The maximum Gasteiger partial charge on any atom is 0.276 e. The Bertz CT molecular complexity index is 1140. The largest absolute Gasteiger partial charge is 0.497 e. The number of rotatable bonds is 3. The summed E-state index contributed by atoms with van der Waals surface area (Å²) in [5.41, 5.74) is 2.87. The van der Waals surface area contributed by atoms with Crippen molar-refractivity contribution < 1.29 is 4.74 Å². The molecule has 2 heterocycles. The van der Waals surface area contributed by atoms with Gasteiger partial charge in [-0.3, -0.25) is 4.79 Å². The van der Waals surface area contributed by atoms with Crippen LogP contribution in [-0.2, 0) is 0 Å². The minimum atomic E-state index is -0.101. The maximum absolute atomic E-state index is 12.8. The second-order valence-corrected chi connectivity index (χ2v) is 6.71. The van der Waals surface area contributed by atoms with E-state index in [2.05, 4.69) is 10.2 Å². The first kappa shape index (κ1) is 15.5. The maximum atomic E-state index is 12.8. The van der Waals surface area contributed by atoms with Crippen molar-refractivity contribution in [2.75, 3.05) is 7.11 Å². The van der Waals surface area contributed by atoms with Crippen LogP contribution >= 0.6 is 11.3 Å². The Hall–Kier alpha value is -2.99. The highest BCUT2D eigenvalue weighted by Gasteiger charge is 2.13. The van der Waals surface area contributed by atoms with E-state index in [-0.39, 0.29) is 5.56 Å². The second kappa shape index (κ2) is 6.14. The van der Waals surface area contributed by atoms with Crippen LogP contribution in [0.5, 0.6) is 5.75 Å². The van der Waals surface area contributed by atoms with Crippen LogP contribution in [0.1, 0.15) is 11.1 Å². The van der Waals surface area contributed by atoms with Crippen molar-refractivity contribution in [3.05, 3.63) is 74.5 Å². The molecule has 0 aliphatic rings. The quantitative estimate of drug-likeness (QED) is 0.571. The molecule has 0 N–H and O–H groups in total. The fourth-order valence-corrected chi connectivity index (χ4v) is 3.52. The summed E-state index contributed by atoms with van der Waals surface area (Å²) in [4.78, 5) is 13.4. The fraction of sp³-hybridized carbons (Fsp3) is 0.105. The summed E-state index contributed by atoms with van der Waals surface area (Å²) < 4.78 is 7.36. The van der Waals surface area contributed by atoms with E-state index < -0.39 is 0 Å². The summed E-state index contributed by atoms with van der Waals surface area (Å²) >= 11 is 1.34. The molecule has 0 atom stereocenters. The predicted octanol–water partition coefficient (Wildman–Crippen LogP) is 2.68. The van der Waals surface area contributed by atoms with Gasteiger partial charge in [0.05, 0.1) is 11.6 Å². The topological polar surface area (TPSA) is 56.5 Å². The van der Waals surface area contributed by atoms with Crippen LogP contribution in [0.15, 0.2) is 53.3 Å². The number of nitrogens with zero attached hydrogens (tertiary/aromatic N) is 3. The van der Waals surface area contributed by atoms with Gasteiger partial charge in [0.15, 0.2) is 5.82 Å². The van der Waals surface area contributed by atoms with Crippen LogP contribution < -0.4 is 14.8 Å². The van der Waals surface area contributed by atoms with Crippen molar-refractivity contribution in [1.29, 1.82) is 0 Å². The first-order valence-electron chi connectivity index (χ1n) is 7.76. The molecule has 25 heavy (non-hydrogen) atoms. The Labute approximate surface area is 147 Å². The van der Waals surface area contributed by atoms with Crippen LogP contribution in [0, 0.1) is 6.92 Å². The Kier molecular flexibility index (Phi) is 3.82. The smallest absolute Gasteiger partial charge is 0.276 e. The average Bonchev–Trinajstić information content (AvgIpc) is 3.17. The zero-order valence-corrected chi connectivity index (χ0v) is 14.6. The van der Waals surface area contributed by atoms with E-state index in [1.165, 1.54) is 11.3 Å². The van der Waals surface area contributed by atoms with Crippen LogP contribution in [-0.4, -0.2) is 21.7 Å². The second-order valence-electron chi connectivity index (χ2n) is 5.70. The lowest BCUT2D eigenvalue weighted by molar-refractivity contribution is 0.415. The number of methoxy groups -OCH3 is 1. The van der Waals surface area contributed by atoms with Crippen molar-refractivity contribution in [3.8, 4) is 17.1 Å². The molecule has 4 rings (SSSR count). The summed E-state index contributed by atoms with van der Waals surface area (Å²) in [7, 11) is 1.63. The highest BCUT2D eigenvalue weighted by atomic mass is 32.1. The van der Waals surface area contributed by atoms with Crippen molar-refractivity contribution >= 4 is 22.4 Å². The molecule has 0 spiro atoms. The molecule has 0 aliphatic carbocycles. The summed E-state index contributed by atoms with van der Waals surface area (Å²) in [5.74, 6) is 1.36. The molecule has 124 valence electrons. The summed E-state index contributed by atoms with van der Waals surface area (Å²) in [5, 5.41) is 8.34. The van der Waals surface area contributed by atoms with E-state index in [1.54, 1.807) is 11.5 Å². The highest BCUT2D eigenvalue weighted by molar-refractivity contribution is 7.15. The van der Waals surface area contributed by atoms with E-state index >= 15 is 0 Å². The zero-order valence-electron chi connectivity index (χ0n) is 13.8. The number of hydrogen-bond donors (Lipinski definition) is 0. The van der Waals surface area contributed by atoms with Crippen molar-refractivity contribution in [3.63, 3.8) is 0 Å². The van der Waals surface area contributed by atoms with Gasteiger partial charge in [-0.05, 0) is 30.7 Å². The molecule has 0 amide bonds. The van der Waals surface area contributed by atoms with Crippen LogP contribution in [0.3, 0.4) is 0 Å². The third-order valence-corrected chi connectivity index (χ3v) is 4.93. The van der Waals surface area contributed by atoms with Crippen LogP contribution in [0.25, 0.3) is 22.4 Å². The molecule has 5 nitrogen and oxygen atoms in total. The van der Waals surface area contributed by atoms with E-state index in [9.17, 15) is 4.79 Å². The monoisotopic (exact) mass is 349 g/mol. The Morgan fingerprint density at radius 3 is 2.44 bits per heavy atom. The van der Waals surface area contributed by atoms with E-state index in [0.29, 0.717) is 15.3 Å². The molecule has 6 heteroatoms. The molecule has 2 aromatic heterocycles. The summed E-state index contributed by atoms with van der Waals surface area (Å²) in [6, 6.07) is 15.5. The number of fused-ring (bicyclic) bond motifs is 1. The zero-order chi connectivity index (χ0) is 17.4. The lowest BCUT2D eigenvalue weighted by Crippen LogP contribution is -2.23. The van der Waals surface area contributed by atoms with Gasteiger partial charge in [0, 0.05) is 5.56 Å². The highest BCUT2D eigenvalue weighted by Crippen LogP contribution is 2.18. The first-order chi connectivity index (χ1) is 12.2. The number of ether oxygens (including phenoxy) is 1. The molecule has 0 unspecified atom stereocenters. The number of hydrogen-bond acceptors (Lipinski definition) is 5. The van der Waals surface area contributed by atoms with Gasteiger partial charge in [0.2, 0.25) is 4.96 Å². The molecule has 2 aromatic carbocycles. The SMILES string of the molecule is COc1ccc(/C=c2/sc3nnc(-c4ccc(C)cc4)n3c2=O)cc1. The normalized spacial score (nSPS) is 12.0. The number of aryl methyl sites for hydroxylation is 1. The fourth-order valence-electron chi connectivity index (χ4n) is 2.60. The third-order valence-electron chi connectivity index (χ3n) is 3.97. The van der Waals surface area contributed by atoms with Gasteiger partial charge in [-0.15, -0.1) is 10.2 Å². The van der Waals surface area contributed by atoms with Gasteiger partial charge in [-0.1, -0.05) is 53.3 Å². The van der Waals surface area contributed by atoms with Crippen molar-refractivity contribution in [2.24, 2.45) is 0 Å². The number of thiazole rings is 1. The predicted molar refractivity (Wildman–Crippen MR) is 99.1 cm³/mol. The molecule has 0 radical (unpaired) electrons. The van der Waals surface area contributed by atoms with Gasteiger partial charge in [-0.25, -0.2) is 4.40 Å². The van der Waals surface area contributed by atoms with Crippen molar-refractivity contribution in [2.45, 2.75) is 6.92 Å². The molecule has 4 aromatic rings. The lowest BCUT2D eigenvalue weighted by atomic mass is 10.1. The Balaban J connectivity index is 1.84. The Morgan fingerprint density at radius 2 is 1.76 bits per heavy atom. The van der Waals surface area contributed by atoms with Crippen LogP contribution in [0.2, 0.25) is 0 Å². The van der Waals surface area contributed by atoms with Crippen LogP contribution in [0.4, 0.5) is 0 Å². The average molecular weight is 349 g/mol. The number of aromatic nitrogens is 3. The van der Waals surface area contributed by atoms with Gasteiger partial charge < -0.3 is 4.74 Å². The first-order valence-corrected chi connectivity index (χ1v) is 8.58. The summed E-state index contributed by atoms with van der Waals surface area (Å²) in [6.45, 7) is 2.02. The minimum Gasteiger partial charge on any atom is -0.497 e. The molecule has 0 saturated carbocycles. The van der Waals surface area contributed by atoms with E-state index in [4.69, 9.17) is 4.74 Å². The van der Waals surface area contributed by atoms with Gasteiger partial charge in [0.25, 0.3) is 5.56 Å². The lowest BCUT2D eigenvalue weighted by Gasteiger charge is -1.98. The molecule has 0 saturated heterocycles. The van der Waals surface area contributed by atoms with Gasteiger partial charge in [-0.2, -0.15) is 0 Å². The molecule has 0 aliphatic heterocycles. The number of benzene rings is 2.